The third-order valence-electron chi connectivity index (χ3n) is 2.35. The molecule has 0 aliphatic heterocycles. The van der Waals surface area contributed by atoms with E-state index >= 15 is 0 Å². The number of nitrogens with one attached hydrogen (secondary N) is 2. The monoisotopic (exact) mass is 628 g/mol. The Hall–Kier alpha value is -0.180. The number of carboxylic acid groups (broad SMARTS) is 1. The second-order valence-corrected chi connectivity index (χ2v) is 7.35. The lowest BCUT2D eigenvalue weighted by atomic mass is 10.1. The van der Waals surface area contributed by atoms with Crippen LogP contribution in [-0.4, -0.2) is 29.3 Å². The summed E-state index contributed by atoms with van der Waals surface area (Å²) >= 11 is 5.85. The molecule has 0 unspecified atom stereocenters. The van der Waals surface area contributed by atoms with Crippen LogP contribution in [0.1, 0.15) is 24.2 Å². The van der Waals surface area contributed by atoms with E-state index in [-0.39, 0.29) is 23.8 Å². The highest BCUT2D eigenvalue weighted by atomic mass is 127. The van der Waals surface area contributed by atoms with Crippen LogP contribution in [-0.2, 0) is 9.59 Å². The van der Waals surface area contributed by atoms with Gasteiger partial charge in [0.05, 0.1) is 34.2 Å². The molecule has 0 heterocycles. The molecule has 0 saturated heterocycles. The lowest BCUT2D eigenvalue weighted by Gasteiger charge is -2.18. The summed E-state index contributed by atoms with van der Waals surface area (Å²) in [7, 11) is 0. The van der Waals surface area contributed by atoms with Gasteiger partial charge in [0.25, 0.3) is 0 Å². The van der Waals surface area contributed by atoms with Crippen molar-refractivity contribution in [2.24, 2.45) is 0 Å². The van der Waals surface area contributed by atoms with E-state index in [1.807, 2.05) is 67.8 Å². The fraction of sp³-hybridized carbons (Fsp3) is 0.250. The number of hydrogen-bond acceptors (Lipinski definition) is 4. The lowest BCUT2D eigenvalue weighted by Crippen LogP contribution is -2.18. The van der Waals surface area contributed by atoms with E-state index in [2.05, 4.69) is 10.6 Å². The zero-order chi connectivity index (χ0) is 16.3. The maximum Gasteiger partial charge on any atom is 0.338 e. The maximum absolute atomic E-state index is 11.5. The number of Topliss-reactive ketones (excluding diaryl/α,β-unsaturated/α-hetero) is 1. The quantitative estimate of drug-likeness (QED) is 0.436. The third-order valence-corrected chi connectivity index (χ3v) is 5.58. The Bertz CT molecular complexity index is 632. The van der Waals surface area contributed by atoms with Crippen LogP contribution in [0.15, 0.2) is 0 Å². The van der Waals surface area contributed by atoms with Crippen molar-refractivity contribution < 1.29 is 19.5 Å². The van der Waals surface area contributed by atoms with Crippen LogP contribution in [0, 0.1) is 10.7 Å². The van der Waals surface area contributed by atoms with Gasteiger partial charge >= 0.3 is 5.97 Å². The number of amides is 1. The second-order valence-electron chi connectivity index (χ2n) is 4.11. The molecular formula is C12H11I3N2O4. The minimum absolute atomic E-state index is 0.0712. The van der Waals surface area contributed by atoms with Gasteiger partial charge in [0.1, 0.15) is 5.78 Å². The van der Waals surface area contributed by atoms with E-state index in [1.165, 1.54) is 13.8 Å². The summed E-state index contributed by atoms with van der Waals surface area (Å²) < 4.78 is 1.63. The molecule has 1 aromatic carbocycles. The van der Waals surface area contributed by atoms with E-state index in [1.54, 1.807) is 0 Å². The molecule has 0 saturated carbocycles. The van der Waals surface area contributed by atoms with Gasteiger partial charge in [-0.1, -0.05) is 0 Å². The smallest absolute Gasteiger partial charge is 0.338 e. The van der Waals surface area contributed by atoms with Crippen LogP contribution in [0.2, 0.25) is 0 Å². The summed E-state index contributed by atoms with van der Waals surface area (Å²) in [5.74, 6) is -1.45. The Morgan fingerprint density at radius 2 is 1.52 bits per heavy atom. The molecule has 0 spiro atoms. The summed E-state index contributed by atoms with van der Waals surface area (Å²) in [5.41, 5.74) is 1.08. The Kier molecular flexibility index (Phi) is 7.09. The van der Waals surface area contributed by atoms with Gasteiger partial charge in [-0.3, -0.25) is 9.59 Å². The predicted molar refractivity (Wildman–Crippen MR) is 105 cm³/mol. The van der Waals surface area contributed by atoms with Crippen LogP contribution in [0.25, 0.3) is 0 Å². The zero-order valence-corrected chi connectivity index (χ0v) is 17.5. The van der Waals surface area contributed by atoms with Crippen molar-refractivity contribution in [1.29, 1.82) is 0 Å². The minimum atomic E-state index is -1.09. The number of rotatable bonds is 5. The van der Waals surface area contributed by atoms with Crippen molar-refractivity contribution in [1.82, 2.24) is 0 Å². The summed E-state index contributed by atoms with van der Waals surface area (Å²) in [5, 5.41) is 15.0. The van der Waals surface area contributed by atoms with Gasteiger partial charge in [-0.15, -0.1) is 0 Å². The number of carboxylic acids is 1. The Balaban J connectivity index is 3.54. The first-order chi connectivity index (χ1) is 9.66. The van der Waals surface area contributed by atoms with Crippen LogP contribution < -0.4 is 10.6 Å². The van der Waals surface area contributed by atoms with E-state index in [9.17, 15) is 19.5 Å². The number of benzene rings is 1. The molecule has 9 heteroatoms. The lowest BCUT2D eigenvalue weighted by molar-refractivity contribution is -0.115. The fourth-order valence-electron chi connectivity index (χ4n) is 1.51. The van der Waals surface area contributed by atoms with Crippen LogP contribution >= 0.6 is 67.8 Å². The molecule has 0 bridgehead atoms. The number of ketones is 1. The Morgan fingerprint density at radius 1 is 1.00 bits per heavy atom. The van der Waals surface area contributed by atoms with E-state index in [4.69, 9.17) is 0 Å². The zero-order valence-electron chi connectivity index (χ0n) is 11.0. The molecule has 21 heavy (non-hydrogen) atoms. The van der Waals surface area contributed by atoms with Crippen molar-refractivity contribution in [3.8, 4) is 0 Å². The highest BCUT2D eigenvalue weighted by molar-refractivity contribution is 14.1. The molecule has 0 aliphatic carbocycles. The molecule has 0 atom stereocenters. The molecule has 3 N–H and O–H groups in total. The fourth-order valence-corrected chi connectivity index (χ4v) is 5.78. The second kappa shape index (κ2) is 7.89. The van der Waals surface area contributed by atoms with Crippen LogP contribution in [0.3, 0.4) is 0 Å². The first-order valence-corrected chi connectivity index (χ1v) is 8.85. The number of carbonyl (C=O) groups excluding carboxylic acids is 2. The summed E-state index contributed by atoms with van der Waals surface area (Å²) in [6, 6.07) is 0. The van der Waals surface area contributed by atoms with Crippen molar-refractivity contribution in [3.63, 3.8) is 0 Å². The van der Waals surface area contributed by atoms with Crippen molar-refractivity contribution in [3.05, 3.63) is 16.3 Å². The molecule has 0 fully saturated rings. The van der Waals surface area contributed by atoms with Gasteiger partial charge in [0.2, 0.25) is 5.91 Å². The molecule has 114 valence electrons. The number of carbonyl (C=O) groups is 3. The molecule has 0 aromatic heterocycles. The standard InChI is InChI=1S/C12H11I3N2O4/c1-4(18)3-16-10-7(13)6(12(20)21)8(14)11(9(10)15)17-5(2)19/h16H,3H2,1-2H3,(H,17,19)(H,20,21). The van der Waals surface area contributed by atoms with E-state index in [0.717, 1.165) is 0 Å². The highest BCUT2D eigenvalue weighted by Crippen LogP contribution is 2.38. The van der Waals surface area contributed by atoms with Gasteiger partial charge in [-0.05, 0) is 74.7 Å². The number of aromatic carboxylic acids is 1. The summed E-state index contributed by atoms with van der Waals surface area (Å²) in [6.45, 7) is 2.88. The normalized spacial score (nSPS) is 10.1. The molecular weight excluding hydrogens is 617 g/mol. The molecule has 6 nitrogen and oxygen atoms in total. The predicted octanol–water partition coefficient (Wildman–Crippen LogP) is 3.16. The van der Waals surface area contributed by atoms with Gasteiger partial charge in [0, 0.05) is 6.92 Å². The van der Waals surface area contributed by atoms with Gasteiger partial charge < -0.3 is 15.7 Å². The van der Waals surface area contributed by atoms with Crippen molar-refractivity contribution >= 4 is 96.8 Å². The SMILES string of the molecule is CC(=O)CNc1c(I)c(NC(C)=O)c(I)c(C(=O)O)c1I. The first kappa shape index (κ1) is 18.9. The molecule has 1 aromatic rings. The Labute approximate surface area is 162 Å². The average Bonchev–Trinajstić information content (AvgIpc) is 2.33. The van der Waals surface area contributed by atoms with Crippen molar-refractivity contribution in [2.45, 2.75) is 13.8 Å². The summed E-state index contributed by atoms with van der Waals surface area (Å²) in [4.78, 5) is 33.9. The summed E-state index contributed by atoms with van der Waals surface area (Å²) in [6.07, 6.45) is 0. The molecule has 0 aliphatic rings. The Morgan fingerprint density at radius 3 is 1.95 bits per heavy atom. The minimum Gasteiger partial charge on any atom is -0.478 e. The number of anilines is 2. The van der Waals surface area contributed by atoms with Crippen LogP contribution in [0.4, 0.5) is 11.4 Å². The van der Waals surface area contributed by atoms with Gasteiger partial charge in [-0.25, -0.2) is 4.79 Å². The van der Waals surface area contributed by atoms with Gasteiger partial charge in [0.15, 0.2) is 0 Å². The van der Waals surface area contributed by atoms with E-state index < -0.39 is 5.97 Å². The number of hydrogen-bond donors (Lipinski definition) is 3. The number of halogens is 3. The largest absolute Gasteiger partial charge is 0.478 e. The van der Waals surface area contributed by atoms with Crippen LogP contribution in [0.5, 0.6) is 0 Å². The molecule has 1 amide bonds. The maximum atomic E-state index is 11.5. The van der Waals surface area contributed by atoms with E-state index in [0.29, 0.717) is 22.1 Å². The average molecular weight is 628 g/mol. The van der Waals surface area contributed by atoms with Crippen molar-refractivity contribution in [2.75, 3.05) is 17.2 Å². The molecule has 1 rings (SSSR count). The molecule has 0 radical (unpaired) electrons. The van der Waals surface area contributed by atoms with Gasteiger partial charge in [-0.2, -0.15) is 0 Å². The highest BCUT2D eigenvalue weighted by Gasteiger charge is 2.24. The third kappa shape index (κ3) is 4.64. The first-order valence-electron chi connectivity index (χ1n) is 5.61. The topological polar surface area (TPSA) is 95.5 Å².